The molecule has 0 unspecified atom stereocenters. The first kappa shape index (κ1) is 38.5. The zero-order chi connectivity index (χ0) is 36.6. The Kier molecular flexibility index (Phi) is 13.2. The van der Waals surface area contributed by atoms with E-state index in [9.17, 15) is 45.3 Å². The van der Waals surface area contributed by atoms with Gasteiger partial charge in [-0.15, -0.1) is 0 Å². The number of ether oxygens (including phenoxy) is 8. The van der Waals surface area contributed by atoms with Crippen molar-refractivity contribution in [3.05, 3.63) is 59.7 Å². The summed E-state index contributed by atoms with van der Waals surface area (Å²) in [5, 5.41) is 72.3. The molecule has 2 aromatic carbocycles. The Morgan fingerprint density at radius 3 is 2.00 bits per heavy atom. The van der Waals surface area contributed by atoms with Crippen molar-refractivity contribution in [1.29, 1.82) is 0 Å². The smallest absolute Gasteiger partial charge is 0.331 e. The zero-order valence-electron chi connectivity index (χ0n) is 27.2. The summed E-state index contributed by atoms with van der Waals surface area (Å²) in [5.41, 5.74) is 0.994. The standard InChI is InChI=1S/C33H40O17/c1-43-20-12-18(13-21(44-2)30(20)45-3)7-11-25(38)48-31-27(40)22(14-34)49-33(31,16-35)50-32-29(42)28(41)26(39)23(47-32)15-46-24(37)10-6-17-4-8-19(36)9-5-17/h4-13,22-23,26-29,31-32,34-36,39-42H,14-16H2,1-3H3/b10-6+,11-7+/t22-,23+,26+,27+,28-,29+,31-,32+,33-/m0/s1. The average Bonchev–Trinajstić information content (AvgIpc) is 3.39. The summed E-state index contributed by atoms with van der Waals surface area (Å²) in [7, 11) is 4.24. The number of rotatable bonds is 14. The first-order valence-electron chi connectivity index (χ1n) is 15.2. The van der Waals surface area contributed by atoms with Gasteiger partial charge in [-0.25, -0.2) is 9.59 Å². The third kappa shape index (κ3) is 8.70. The number of benzene rings is 2. The third-order valence-corrected chi connectivity index (χ3v) is 7.90. The molecule has 0 bridgehead atoms. The van der Waals surface area contributed by atoms with Crippen molar-refractivity contribution in [2.45, 2.75) is 54.8 Å². The molecule has 274 valence electrons. The minimum Gasteiger partial charge on any atom is -0.508 e. The maximum atomic E-state index is 13.0. The Hall–Kier alpha value is -4.30. The van der Waals surface area contributed by atoms with Crippen LogP contribution in [0.15, 0.2) is 48.6 Å². The number of aliphatic hydroxyl groups excluding tert-OH is 6. The molecule has 0 aromatic heterocycles. The second-order valence-electron chi connectivity index (χ2n) is 11.1. The summed E-state index contributed by atoms with van der Waals surface area (Å²) < 4.78 is 43.3. The highest BCUT2D eigenvalue weighted by Crippen LogP contribution is 2.40. The molecular formula is C33H40O17. The van der Waals surface area contributed by atoms with E-state index in [1.807, 2.05) is 0 Å². The number of hydrogen-bond donors (Lipinski definition) is 7. The van der Waals surface area contributed by atoms with E-state index >= 15 is 0 Å². The van der Waals surface area contributed by atoms with E-state index in [0.29, 0.717) is 28.4 Å². The minimum atomic E-state index is -2.47. The van der Waals surface area contributed by atoms with Gasteiger partial charge < -0.3 is 73.6 Å². The fourth-order valence-electron chi connectivity index (χ4n) is 5.25. The van der Waals surface area contributed by atoms with Gasteiger partial charge in [0, 0.05) is 12.2 Å². The molecule has 17 heteroatoms. The van der Waals surface area contributed by atoms with Crippen molar-refractivity contribution in [2.24, 2.45) is 0 Å². The van der Waals surface area contributed by atoms with Crippen LogP contribution in [0.25, 0.3) is 12.2 Å². The lowest BCUT2D eigenvalue weighted by Crippen LogP contribution is -2.63. The normalized spacial score (nSPS) is 29.6. The molecule has 0 aliphatic carbocycles. The van der Waals surface area contributed by atoms with Crippen LogP contribution in [0.2, 0.25) is 0 Å². The van der Waals surface area contributed by atoms with E-state index < -0.39 is 86.6 Å². The van der Waals surface area contributed by atoms with Crippen molar-refractivity contribution < 1.29 is 83.2 Å². The van der Waals surface area contributed by atoms with Crippen LogP contribution >= 0.6 is 0 Å². The molecular weight excluding hydrogens is 668 g/mol. The van der Waals surface area contributed by atoms with Crippen LogP contribution in [-0.4, -0.2) is 144 Å². The van der Waals surface area contributed by atoms with Gasteiger partial charge in [0.25, 0.3) is 0 Å². The van der Waals surface area contributed by atoms with Crippen LogP contribution in [-0.2, 0) is 33.3 Å². The van der Waals surface area contributed by atoms with Gasteiger partial charge in [0.05, 0.1) is 27.9 Å². The zero-order valence-corrected chi connectivity index (χ0v) is 27.2. The van der Waals surface area contributed by atoms with E-state index in [1.165, 1.54) is 45.6 Å². The van der Waals surface area contributed by atoms with Crippen LogP contribution in [0.1, 0.15) is 11.1 Å². The fourth-order valence-corrected chi connectivity index (χ4v) is 5.25. The summed E-state index contributed by atoms with van der Waals surface area (Å²) in [6.07, 6.45) is -9.36. The molecule has 9 atom stereocenters. The Labute approximate surface area is 286 Å². The first-order valence-corrected chi connectivity index (χ1v) is 15.2. The van der Waals surface area contributed by atoms with E-state index in [-0.39, 0.29) is 5.75 Å². The number of aromatic hydroxyl groups is 1. The number of carbonyl (C=O) groups excluding carboxylic acids is 2. The molecule has 2 heterocycles. The van der Waals surface area contributed by atoms with Crippen LogP contribution < -0.4 is 14.2 Å². The van der Waals surface area contributed by atoms with E-state index in [2.05, 4.69) is 0 Å². The maximum absolute atomic E-state index is 13.0. The van der Waals surface area contributed by atoms with Gasteiger partial charge in [-0.2, -0.15) is 0 Å². The Morgan fingerprint density at radius 2 is 1.42 bits per heavy atom. The van der Waals surface area contributed by atoms with Gasteiger partial charge >= 0.3 is 11.9 Å². The summed E-state index contributed by atoms with van der Waals surface area (Å²) in [6, 6.07) is 9.01. The predicted octanol–water partition coefficient (Wildman–Crippen LogP) is -1.14. The molecule has 2 aliphatic rings. The number of hydrogen-bond acceptors (Lipinski definition) is 17. The molecule has 0 spiro atoms. The highest BCUT2D eigenvalue weighted by Gasteiger charge is 2.60. The van der Waals surface area contributed by atoms with Crippen molar-refractivity contribution in [3.8, 4) is 23.0 Å². The number of aliphatic hydroxyl groups is 6. The molecule has 0 amide bonds. The van der Waals surface area contributed by atoms with Gasteiger partial charge in [0.1, 0.15) is 55.6 Å². The number of phenols is 1. The maximum Gasteiger partial charge on any atom is 0.331 e. The predicted molar refractivity (Wildman–Crippen MR) is 169 cm³/mol. The topological polar surface area (TPSA) is 250 Å². The van der Waals surface area contributed by atoms with Crippen molar-refractivity contribution in [3.63, 3.8) is 0 Å². The summed E-state index contributed by atoms with van der Waals surface area (Å²) >= 11 is 0. The molecule has 2 aromatic rings. The molecule has 0 radical (unpaired) electrons. The van der Waals surface area contributed by atoms with Gasteiger partial charge in [0.15, 0.2) is 23.9 Å². The summed E-state index contributed by atoms with van der Waals surface area (Å²) in [5.74, 6) is -3.44. The van der Waals surface area contributed by atoms with E-state index in [1.54, 1.807) is 24.3 Å². The average molecular weight is 709 g/mol. The van der Waals surface area contributed by atoms with Gasteiger partial charge in [-0.3, -0.25) is 0 Å². The lowest BCUT2D eigenvalue weighted by Gasteiger charge is -2.43. The van der Waals surface area contributed by atoms with Gasteiger partial charge in [0.2, 0.25) is 11.5 Å². The number of carbonyl (C=O) groups is 2. The Bertz CT molecular complexity index is 1490. The molecule has 7 N–H and O–H groups in total. The third-order valence-electron chi connectivity index (χ3n) is 7.90. The Balaban J connectivity index is 1.48. The molecule has 4 rings (SSSR count). The highest BCUT2D eigenvalue weighted by atomic mass is 16.8. The minimum absolute atomic E-state index is 0.0341. The van der Waals surface area contributed by atoms with E-state index in [4.69, 9.17) is 37.9 Å². The van der Waals surface area contributed by atoms with Crippen molar-refractivity contribution in [2.75, 3.05) is 41.2 Å². The molecule has 50 heavy (non-hydrogen) atoms. The van der Waals surface area contributed by atoms with Crippen LogP contribution in [0.3, 0.4) is 0 Å². The highest BCUT2D eigenvalue weighted by molar-refractivity contribution is 5.88. The molecule has 2 fully saturated rings. The molecule has 17 nitrogen and oxygen atoms in total. The monoisotopic (exact) mass is 708 g/mol. The van der Waals surface area contributed by atoms with Crippen molar-refractivity contribution in [1.82, 2.24) is 0 Å². The first-order chi connectivity index (χ1) is 23.9. The van der Waals surface area contributed by atoms with Gasteiger partial charge in [-0.1, -0.05) is 12.1 Å². The summed E-state index contributed by atoms with van der Waals surface area (Å²) in [6.45, 7) is -2.57. The Morgan fingerprint density at radius 1 is 0.800 bits per heavy atom. The number of esters is 2. The van der Waals surface area contributed by atoms with Crippen LogP contribution in [0.4, 0.5) is 0 Å². The molecule has 2 aliphatic heterocycles. The molecule has 2 saturated heterocycles. The SMILES string of the molecule is COc1cc(/C=C/C(=O)O[C@H]2[C@H](O)[C@H](CO)O[C@@]2(CO)O[C@H]2O[C@H](COC(=O)/C=C/c3ccc(O)cc3)[C@@H](O)[C@H](O)[C@H]2O)cc(OC)c1OC. The summed E-state index contributed by atoms with van der Waals surface area (Å²) in [4.78, 5) is 25.3. The largest absolute Gasteiger partial charge is 0.508 e. The van der Waals surface area contributed by atoms with Crippen molar-refractivity contribution >= 4 is 24.1 Å². The lowest BCUT2D eigenvalue weighted by atomic mass is 9.99. The lowest BCUT2D eigenvalue weighted by molar-refractivity contribution is -0.383. The molecule has 0 saturated carbocycles. The van der Waals surface area contributed by atoms with Crippen LogP contribution in [0.5, 0.6) is 23.0 Å². The van der Waals surface area contributed by atoms with Crippen LogP contribution in [0, 0.1) is 0 Å². The van der Waals surface area contributed by atoms with E-state index in [0.717, 1.165) is 12.2 Å². The number of phenolic OH excluding ortho intramolecular Hbond substituents is 1. The second kappa shape index (κ2) is 17.1. The fraction of sp³-hybridized carbons (Fsp3) is 0.455. The number of methoxy groups -OCH3 is 3. The van der Waals surface area contributed by atoms with Gasteiger partial charge in [-0.05, 0) is 47.5 Å². The quantitative estimate of drug-likeness (QED) is 0.0905. The second-order valence-corrected chi connectivity index (χ2v) is 11.1.